The highest BCUT2D eigenvalue weighted by atomic mass is 35.5. The average Bonchev–Trinajstić information content (AvgIpc) is 3.30. The number of benzene rings is 3. The zero-order valence-corrected chi connectivity index (χ0v) is 17.2. The van der Waals surface area contributed by atoms with E-state index in [1.807, 2.05) is 66.7 Å². The lowest BCUT2D eigenvalue weighted by Crippen LogP contribution is -2.18. The fraction of sp³-hybridized carbons (Fsp3) is 0.0417. The molecule has 2 N–H and O–H groups in total. The van der Waals surface area contributed by atoms with Gasteiger partial charge >= 0.3 is 0 Å². The number of carbonyl (C=O) groups is 1. The SMILES string of the molecule is O=C(N/N=C/c1ccccc1Cl)c1cc(-c2ccc(OCc3ccccc3)cc2)n[nH]1. The van der Waals surface area contributed by atoms with Crippen molar-refractivity contribution in [1.29, 1.82) is 0 Å². The molecular formula is C24H19ClN4O2. The summed E-state index contributed by atoms with van der Waals surface area (Å²) in [6.45, 7) is 0.502. The lowest BCUT2D eigenvalue weighted by atomic mass is 10.1. The fourth-order valence-corrected chi connectivity index (χ4v) is 3.03. The summed E-state index contributed by atoms with van der Waals surface area (Å²) in [5.41, 5.74) is 6.09. The monoisotopic (exact) mass is 430 g/mol. The summed E-state index contributed by atoms with van der Waals surface area (Å²) < 4.78 is 5.80. The minimum absolute atomic E-state index is 0.302. The molecule has 7 heteroatoms. The molecule has 0 fully saturated rings. The Bertz CT molecular complexity index is 1190. The van der Waals surface area contributed by atoms with E-state index >= 15 is 0 Å². The van der Waals surface area contributed by atoms with Crippen LogP contribution in [0.5, 0.6) is 5.75 Å². The molecule has 0 aliphatic rings. The van der Waals surface area contributed by atoms with Gasteiger partial charge in [0.15, 0.2) is 0 Å². The van der Waals surface area contributed by atoms with Crippen molar-refractivity contribution in [3.8, 4) is 17.0 Å². The minimum Gasteiger partial charge on any atom is -0.489 e. The third-order valence-corrected chi connectivity index (χ3v) is 4.84. The zero-order chi connectivity index (χ0) is 21.5. The molecule has 4 aromatic rings. The van der Waals surface area contributed by atoms with Crippen LogP contribution in [0.25, 0.3) is 11.3 Å². The van der Waals surface area contributed by atoms with Crippen molar-refractivity contribution >= 4 is 23.7 Å². The van der Waals surface area contributed by atoms with Crippen molar-refractivity contribution in [2.75, 3.05) is 0 Å². The highest BCUT2D eigenvalue weighted by molar-refractivity contribution is 6.33. The first-order valence-corrected chi connectivity index (χ1v) is 9.97. The van der Waals surface area contributed by atoms with Gasteiger partial charge in [0.2, 0.25) is 0 Å². The summed E-state index contributed by atoms with van der Waals surface area (Å²) in [6.07, 6.45) is 1.49. The summed E-state index contributed by atoms with van der Waals surface area (Å²) in [5.74, 6) is 0.361. The van der Waals surface area contributed by atoms with Gasteiger partial charge in [0.05, 0.1) is 11.9 Å². The van der Waals surface area contributed by atoms with Crippen molar-refractivity contribution in [2.45, 2.75) is 6.61 Å². The molecule has 0 bridgehead atoms. The van der Waals surface area contributed by atoms with Gasteiger partial charge < -0.3 is 4.74 Å². The van der Waals surface area contributed by atoms with Gasteiger partial charge in [-0.15, -0.1) is 0 Å². The molecule has 6 nitrogen and oxygen atoms in total. The molecule has 3 aromatic carbocycles. The Balaban J connectivity index is 1.35. The zero-order valence-electron chi connectivity index (χ0n) is 16.5. The van der Waals surface area contributed by atoms with Crippen LogP contribution in [0.1, 0.15) is 21.6 Å². The number of aromatic amines is 1. The Labute approximate surface area is 184 Å². The number of nitrogens with one attached hydrogen (secondary N) is 2. The molecular weight excluding hydrogens is 412 g/mol. The number of H-pyrrole nitrogens is 1. The molecule has 0 atom stereocenters. The van der Waals surface area contributed by atoms with Crippen molar-refractivity contribution in [3.63, 3.8) is 0 Å². The molecule has 1 heterocycles. The number of ether oxygens (including phenoxy) is 1. The molecule has 154 valence electrons. The number of aromatic nitrogens is 2. The number of amides is 1. The van der Waals surface area contributed by atoms with Gasteiger partial charge in [-0.3, -0.25) is 9.89 Å². The molecule has 1 amide bonds. The second-order valence-corrected chi connectivity index (χ2v) is 7.09. The van der Waals surface area contributed by atoms with E-state index in [0.717, 1.165) is 16.9 Å². The summed E-state index contributed by atoms with van der Waals surface area (Å²) >= 11 is 6.06. The maximum absolute atomic E-state index is 12.3. The van der Waals surface area contributed by atoms with E-state index in [1.54, 1.807) is 18.2 Å². The molecule has 4 rings (SSSR count). The van der Waals surface area contributed by atoms with Crippen LogP contribution in [0.15, 0.2) is 90.0 Å². The second-order valence-electron chi connectivity index (χ2n) is 6.69. The van der Waals surface area contributed by atoms with Gasteiger partial charge in [-0.2, -0.15) is 10.2 Å². The first-order chi connectivity index (χ1) is 15.2. The lowest BCUT2D eigenvalue weighted by Gasteiger charge is -2.06. The Morgan fingerprint density at radius 1 is 1.03 bits per heavy atom. The van der Waals surface area contributed by atoms with Crippen LogP contribution in [0.4, 0.5) is 0 Å². The van der Waals surface area contributed by atoms with Crippen LogP contribution >= 0.6 is 11.6 Å². The predicted molar refractivity (Wildman–Crippen MR) is 121 cm³/mol. The van der Waals surface area contributed by atoms with Crippen LogP contribution in [-0.4, -0.2) is 22.3 Å². The van der Waals surface area contributed by atoms with E-state index in [9.17, 15) is 4.79 Å². The molecule has 0 aliphatic heterocycles. The third-order valence-electron chi connectivity index (χ3n) is 4.50. The number of carbonyl (C=O) groups excluding carboxylic acids is 1. The fourth-order valence-electron chi connectivity index (χ4n) is 2.85. The largest absolute Gasteiger partial charge is 0.489 e. The van der Waals surface area contributed by atoms with E-state index in [0.29, 0.717) is 28.6 Å². The highest BCUT2D eigenvalue weighted by Crippen LogP contribution is 2.22. The molecule has 0 aliphatic carbocycles. The van der Waals surface area contributed by atoms with Crippen LogP contribution in [0.2, 0.25) is 5.02 Å². The standard InChI is InChI=1S/C24H19ClN4O2/c25-21-9-5-4-8-19(21)15-26-29-24(30)23-14-22(27-28-23)18-10-12-20(13-11-18)31-16-17-6-2-1-3-7-17/h1-15H,16H2,(H,27,28)(H,29,30)/b26-15+. The molecule has 31 heavy (non-hydrogen) atoms. The van der Waals surface area contributed by atoms with Gasteiger partial charge in [-0.1, -0.05) is 60.1 Å². The van der Waals surface area contributed by atoms with Crippen molar-refractivity contribution in [3.05, 3.63) is 107 Å². The van der Waals surface area contributed by atoms with Crippen molar-refractivity contribution in [2.24, 2.45) is 5.10 Å². The number of rotatable bonds is 7. The van der Waals surface area contributed by atoms with Gasteiger partial charge in [0.25, 0.3) is 5.91 Å². The summed E-state index contributed by atoms with van der Waals surface area (Å²) in [6, 6.07) is 26.4. The van der Waals surface area contributed by atoms with Gasteiger partial charge in [-0.05, 0) is 42.0 Å². The van der Waals surface area contributed by atoms with Crippen LogP contribution < -0.4 is 10.2 Å². The van der Waals surface area contributed by atoms with Crippen LogP contribution in [0, 0.1) is 0 Å². The molecule has 0 saturated carbocycles. The van der Waals surface area contributed by atoms with E-state index in [4.69, 9.17) is 16.3 Å². The van der Waals surface area contributed by atoms with E-state index in [2.05, 4.69) is 20.7 Å². The number of hydrogen-bond donors (Lipinski definition) is 2. The lowest BCUT2D eigenvalue weighted by molar-refractivity contribution is 0.0950. The number of hydrazone groups is 1. The Morgan fingerprint density at radius 2 is 1.77 bits per heavy atom. The topological polar surface area (TPSA) is 79.4 Å². The van der Waals surface area contributed by atoms with Gasteiger partial charge in [-0.25, -0.2) is 5.43 Å². The summed E-state index contributed by atoms with van der Waals surface area (Å²) in [5, 5.41) is 11.4. The molecule has 0 unspecified atom stereocenters. The van der Waals surface area contributed by atoms with Gasteiger partial charge in [0, 0.05) is 16.1 Å². The third kappa shape index (κ3) is 5.38. The first kappa shape index (κ1) is 20.4. The van der Waals surface area contributed by atoms with E-state index in [-0.39, 0.29) is 0 Å². The first-order valence-electron chi connectivity index (χ1n) is 9.59. The Hall–Kier alpha value is -3.90. The van der Waals surface area contributed by atoms with Crippen molar-refractivity contribution < 1.29 is 9.53 Å². The molecule has 1 aromatic heterocycles. The number of halogens is 1. The highest BCUT2D eigenvalue weighted by Gasteiger charge is 2.10. The summed E-state index contributed by atoms with van der Waals surface area (Å²) in [7, 11) is 0. The summed E-state index contributed by atoms with van der Waals surface area (Å²) in [4.78, 5) is 12.3. The molecule has 0 spiro atoms. The minimum atomic E-state index is -0.398. The maximum Gasteiger partial charge on any atom is 0.289 e. The molecule has 0 saturated heterocycles. The van der Waals surface area contributed by atoms with Crippen LogP contribution in [0.3, 0.4) is 0 Å². The van der Waals surface area contributed by atoms with Crippen LogP contribution in [-0.2, 0) is 6.61 Å². The second kappa shape index (κ2) is 9.73. The number of nitrogens with zero attached hydrogens (tertiary/aromatic N) is 2. The quantitative estimate of drug-likeness (QED) is 0.317. The van der Waals surface area contributed by atoms with Gasteiger partial charge in [0.1, 0.15) is 18.1 Å². The predicted octanol–water partition coefficient (Wildman–Crippen LogP) is 5.07. The van der Waals surface area contributed by atoms with E-state index in [1.165, 1.54) is 6.21 Å². The van der Waals surface area contributed by atoms with Crippen molar-refractivity contribution in [1.82, 2.24) is 15.6 Å². The average molecular weight is 431 g/mol. The van der Waals surface area contributed by atoms with E-state index < -0.39 is 5.91 Å². The Morgan fingerprint density at radius 3 is 2.55 bits per heavy atom. The molecule has 0 radical (unpaired) electrons. The smallest absolute Gasteiger partial charge is 0.289 e. The Kier molecular flexibility index (Phi) is 6.40. The number of hydrogen-bond acceptors (Lipinski definition) is 4. The maximum atomic E-state index is 12.3. The normalized spacial score (nSPS) is 10.9.